The van der Waals surface area contributed by atoms with E-state index in [4.69, 9.17) is 10.2 Å². The first-order valence-electron chi connectivity index (χ1n) is 10.5. The van der Waals surface area contributed by atoms with E-state index >= 15 is 0 Å². The lowest BCUT2D eigenvalue weighted by Crippen LogP contribution is -2.61. The van der Waals surface area contributed by atoms with Gasteiger partial charge in [0.25, 0.3) is 0 Å². The molecule has 1 aliphatic rings. The number of hydrogen-bond acceptors (Lipinski definition) is 10. The molecule has 1 saturated heterocycles. The maximum Gasteiger partial charge on any atom is 0.349 e. The van der Waals surface area contributed by atoms with Crippen LogP contribution in [0.4, 0.5) is 0 Å². The van der Waals surface area contributed by atoms with Crippen LogP contribution in [0.5, 0.6) is 0 Å². The number of amides is 2. The van der Waals surface area contributed by atoms with Gasteiger partial charge in [0.1, 0.15) is 12.1 Å². The minimum Gasteiger partial charge on any atom is -0.478 e. The number of carboxylic acids is 2. The lowest BCUT2D eigenvalue weighted by molar-refractivity contribution is -0.146. The molecule has 2 atom stereocenters. The first-order chi connectivity index (χ1) is 16.2. The molecule has 1 fully saturated rings. The SMILES string of the molecule is O=C(O)/C=C\C(=O)ONCCCCC1NC(=O)C(CCCCNOC(=O)/C=C\C(=O)O)NC1=O. The van der Waals surface area contributed by atoms with Crippen molar-refractivity contribution in [2.24, 2.45) is 0 Å². The van der Waals surface area contributed by atoms with Crippen molar-refractivity contribution in [2.75, 3.05) is 13.1 Å². The highest BCUT2D eigenvalue weighted by Gasteiger charge is 2.32. The number of unbranched alkanes of at least 4 members (excludes halogenated alkanes) is 2. The lowest BCUT2D eigenvalue weighted by atomic mass is 10.0. The number of piperazine rings is 1. The summed E-state index contributed by atoms with van der Waals surface area (Å²) in [4.78, 5) is 76.5. The molecule has 0 aromatic heterocycles. The Labute approximate surface area is 194 Å². The fourth-order valence-corrected chi connectivity index (χ4v) is 2.76. The summed E-state index contributed by atoms with van der Waals surface area (Å²) in [7, 11) is 0. The van der Waals surface area contributed by atoms with Gasteiger partial charge in [0.05, 0.1) is 0 Å². The smallest absolute Gasteiger partial charge is 0.349 e. The van der Waals surface area contributed by atoms with Gasteiger partial charge in [0.2, 0.25) is 11.8 Å². The predicted octanol–water partition coefficient (Wildman–Crippen LogP) is -1.31. The van der Waals surface area contributed by atoms with Crippen LogP contribution in [0.1, 0.15) is 38.5 Å². The second-order valence-corrected chi connectivity index (χ2v) is 7.09. The molecular weight excluding hydrogens is 456 g/mol. The number of rotatable bonds is 16. The molecule has 2 unspecified atom stereocenters. The van der Waals surface area contributed by atoms with Crippen LogP contribution in [-0.2, 0) is 38.4 Å². The maximum atomic E-state index is 12.2. The molecule has 1 heterocycles. The van der Waals surface area contributed by atoms with Crippen LogP contribution in [0.25, 0.3) is 0 Å². The molecule has 1 rings (SSSR count). The summed E-state index contributed by atoms with van der Waals surface area (Å²) < 4.78 is 0. The summed E-state index contributed by atoms with van der Waals surface area (Å²) in [5, 5.41) is 22.1. The molecule has 0 aliphatic carbocycles. The number of nitrogens with one attached hydrogen (secondary N) is 4. The first-order valence-corrected chi connectivity index (χ1v) is 10.5. The van der Waals surface area contributed by atoms with Crippen LogP contribution in [0.2, 0.25) is 0 Å². The molecule has 14 heteroatoms. The van der Waals surface area contributed by atoms with Crippen LogP contribution in [0.15, 0.2) is 24.3 Å². The molecule has 2 amide bonds. The van der Waals surface area contributed by atoms with Crippen molar-refractivity contribution in [2.45, 2.75) is 50.6 Å². The molecule has 0 aromatic rings. The zero-order valence-electron chi connectivity index (χ0n) is 18.3. The van der Waals surface area contributed by atoms with Crippen LogP contribution in [0.3, 0.4) is 0 Å². The maximum absolute atomic E-state index is 12.2. The summed E-state index contributed by atoms with van der Waals surface area (Å²) in [5.41, 5.74) is 4.77. The van der Waals surface area contributed by atoms with E-state index in [9.17, 15) is 28.8 Å². The highest BCUT2D eigenvalue weighted by molar-refractivity contribution is 5.96. The fourth-order valence-electron chi connectivity index (χ4n) is 2.76. The monoisotopic (exact) mass is 484 g/mol. The summed E-state index contributed by atoms with van der Waals surface area (Å²) in [6, 6.07) is -1.32. The van der Waals surface area contributed by atoms with Crippen molar-refractivity contribution in [3.8, 4) is 0 Å². The van der Waals surface area contributed by atoms with Gasteiger partial charge in [-0.25, -0.2) is 19.2 Å². The van der Waals surface area contributed by atoms with Gasteiger partial charge < -0.3 is 30.5 Å². The van der Waals surface area contributed by atoms with Crippen LogP contribution >= 0.6 is 0 Å². The fraction of sp³-hybridized carbons (Fsp3) is 0.500. The van der Waals surface area contributed by atoms with E-state index in [-0.39, 0.29) is 24.9 Å². The van der Waals surface area contributed by atoms with Gasteiger partial charge in [-0.2, -0.15) is 11.0 Å². The van der Waals surface area contributed by atoms with Gasteiger partial charge >= 0.3 is 23.9 Å². The van der Waals surface area contributed by atoms with Crippen molar-refractivity contribution >= 4 is 35.7 Å². The summed E-state index contributed by atoms with van der Waals surface area (Å²) in [5.74, 6) is -4.82. The summed E-state index contributed by atoms with van der Waals surface area (Å²) >= 11 is 0. The van der Waals surface area contributed by atoms with Crippen molar-refractivity contribution in [1.29, 1.82) is 0 Å². The summed E-state index contributed by atoms with van der Waals surface area (Å²) in [6.45, 7) is 0.577. The number of hydroxylamine groups is 2. The van der Waals surface area contributed by atoms with Crippen LogP contribution in [0, 0.1) is 0 Å². The average molecular weight is 484 g/mol. The predicted molar refractivity (Wildman–Crippen MR) is 113 cm³/mol. The van der Waals surface area contributed by atoms with E-state index in [0.717, 1.165) is 12.2 Å². The van der Waals surface area contributed by atoms with Crippen molar-refractivity contribution in [3.05, 3.63) is 24.3 Å². The number of aliphatic carboxylic acids is 2. The Morgan fingerprint density at radius 1 is 0.706 bits per heavy atom. The highest BCUT2D eigenvalue weighted by Crippen LogP contribution is 2.10. The highest BCUT2D eigenvalue weighted by atomic mass is 16.7. The minimum absolute atomic E-state index is 0.288. The lowest BCUT2D eigenvalue weighted by Gasteiger charge is -2.29. The zero-order valence-corrected chi connectivity index (χ0v) is 18.3. The largest absolute Gasteiger partial charge is 0.478 e. The van der Waals surface area contributed by atoms with Gasteiger partial charge in [0.15, 0.2) is 0 Å². The Balaban J connectivity index is 2.14. The second-order valence-electron chi connectivity index (χ2n) is 7.09. The Hall–Kier alpha value is -3.78. The van der Waals surface area contributed by atoms with Crippen LogP contribution in [-0.4, -0.2) is 71.1 Å². The zero-order chi connectivity index (χ0) is 25.3. The molecule has 0 radical (unpaired) electrons. The van der Waals surface area contributed by atoms with Crippen molar-refractivity contribution in [3.63, 3.8) is 0 Å². The number of carbonyl (C=O) groups excluding carboxylic acids is 4. The third kappa shape index (κ3) is 12.9. The van der Waals surface area contributed by atoms with Crippen LogP contribution < -0.4 is 21.6 Å². The van der Waals surface area contributed by atoms with Gasteiger partial charge in [0, 0.05) is 37.4 Å². The quantitative estimate of drug-likeness (QED) is 0.0856. The number of carbonyl (C=O) groups is 6. The van der Waals surface area contributed by atoms with Crippen molar-refractivity contribution < 1.29 is 48.7 Å². The minimum atomic E-state index is -1.27. The molecule has 0 bridgehead atoms. The molecule has 34 heavy (non-hydrogen) atoms. The first kappa shape index (κ1) is 28.3. The molecular formula is C20H28N4O10. The average Bonchev–Trinajstić information content (AvgIpc) is 2.78. The van der Waals surface area contributed by atoms with Gasteiger partial charge in [-0.1, -0.05) is 0 Å². The Bertz CT molecular complexity index is 745. The van der Waals surface area contributed by atoms with E-state index in [1.807, 2.05) is 0 Å². The molecule has 188 valence electrons. The van der Waals surface area contributed by atoms with Crippen molar-refractivity contribution in [1.82, 2.24) is 21.6 Å². The van der Waals surface area contributed by atoms with Gasteiger partial charge in [-0.15, -0.1) is 0 Å². The Morgan fingerprint density at radius 2 is 1.09 bits per heavy atom. The number of hydrogen-bond donors (Lipinski definition) is 6. The van der Waals surface area contributed by atoms with E-state index in [0.29, 0.717) is 50.7 Å². The molecule has 1 aliphatic heterocycles. The van der Waals surface area contributed by atoms with Gasteiger partial charge in [-0.05, 0) is 38.5 Å². The normalized spacial score (nSPS) is 17.9. The Morgan fingerprint density at radius 3 is 1.44 bits per heavy atom. The third-order valence-corrected chi connectivity index (χ3v) is 4.38. The van der Waals surface area contributed by atoms with E-state index in [1.165, 1.54) is 0 Å². The molecule has 14 nitrogen and oxygen atoms in total. The second kappa shape index (κ2) is 15.9. The number of carboxylic acid groups (broad SMARTS) is 2. The van der Waals surface area contributed by atoms with Gasteiger partial charge in [-0.3, -0.25) is 9.59 Å². The summed E-state index contributed by atoms with van der Waals surface area (Å²) in [6.07, 6.45) is 5.83. The van der Waals surface area contributed by atoms with E-state index < -0.39 is 36.0 Å². The van der Waals surface area contributed by atoms with E-state index in [2.05, 4.69) is 31.3 Å². The standard InChI is InChI=1S/C20H28N4O10/c25-15(26)7-9-17(29)33-21-11-3-1-5-13-19(31)24-14(20(32)23-13)6-2-4-12-22-34-18(30)10-8-16(27)28/h7-10,13-14,21-22H,1-6,11-12H2,(H,23,32)(H,24,31)(H,25,26)(H,27,28)/b9-7-,10-8-. The molecule has 0 aromatic carbocycles. The molecule has 6 N–H and O–H groups in total. The molecule has 0 spiro atoms. The van der Waals surface area contributed by atoms with E-state index in [1.54, 1.807) is 0 Å². The Kier molecular flexibility index (Phi) is 13.2. The topological polar surface area (TPSA) is 209 Å². The third-order valence-electron chi connectivity index (χ3n) is 4.38. The molecule has 0 saturated carbocycles.